The second kappa shape index (κ2) is 18.9. The molecule has 8 heterocycles. The molecule has 10 rings (SSSR count). The van der Waals surface area contributed by atoms with Crippen molar-refractivity contribution < 1.29 is 19.3 Å². The van der Waals surface area contributed by atoms with Gasteiger partial charge < -0.3 is 20.4 Å². The van der Waals surface area contributed by atoms with E-state index in [0.29, 0.717) is 51.6 Å². The minimum Gasteiger partial charge on any atom is -0.341 e. The average molecular weight is 879 g/mol. The Morgan fingerprint density at radius 2 is 1.33 bits per heavy atom. The number of benzene rings is 2. The van der Waals surface area contributed by atoms with Crippen molar-refractivity contribution >= 4 is 11.8 Å². The lowest BCUT2D eigenvalue weighted by Crippen LogP contribution is -2.63. The van der Waals surface area contributed by atoms with E-state index in [1.165, 1.54) is 21.4 Å². The number of hydrogen-bond acceptors (Lipinski definition) is 10. The highest BCUT2D eigenvalue weighted by Crippen LogP contribution is 2.38. The van der Waals surface area contributed by atoms with Gasteiger partial charge >= 0.3 is 0 Å². The highest BCUT2D eigenvalue weighted by Gasteiger charge is 2.57. The lowest BCUT2D eigenvalue weighted by molar-refractivity contribution is -0.715. The number of carbonyl (C=O) groups is 2. The molecule has 2 aromatic rings. The maximum absolute atomic E-state index is 14.5. The van der Waals surface area contributed by atoms with Gasteiger partial charge in [-0.05, 0) is 73.5 Å². The van der Waals surface area contributed by atoms with Crippen molar-refractivity contribution in [3.05, 3.63) is 93.8 Å². The zero-order chi connectivity index (χ0) is 43.9. The summed E-state index contributed by atoms with van der Waals surface area (Å²) in [5.41, 5.74) is 3.54. The zero-order valence-electron chi connectivity index (χ0n) is 37.5. The number of nitrogens with zero attached hydrogens (tertiary/aromatic N) is 6. The van der Waals surface area contributed by atoms with Crippen LogP contribution >= 0.6 is 0 Å². The first-order valence-corrected chi connectivity index (χ1v) is 24.5. The fourth-order valence-corrected chi connectivity index (χ4v) is 13.0. The number of carbonyl (C=O) groups excluding carboxylic acids is 2. The molecule has 8 fully saturated rings. The number of nitroso groups, excluding NO2 is 2. The van der Waals surface area contributed by atoms with E-state index >= 15 is 0 Å². The molecule has 16 heteroatoms. The monoisotopic (exact) mass is 879 g/mol. The van der Waals surface area contributed by atoms with Crippen LogP contribution in [0.3, 0.4) is 0 Å². The first kappa shape index (κ1) is 43.6. The summed E-state index contributed by atoms with van der Waals surface area (Å²) in [6.45, 7) is 14.9. The summed E-state index contributed by atoms with van der Waals surface area (Å²) in [6.07, 6.45) is 6.43. The Kier molecular flexibility index (Phi) is 12.9. The summed E-state index contributed by atoms with van der Waals surface area (Å²) in [6, 6.07) is 18.8. The molecule has 64 heavy (non-hydrogen) atoms. The second-order valence-electron chi connectivity index (χ2n) is 20.0. The Morgan fingerprint density at radius 1 is 0.703 bits per heavy atom. The van der Waals surface area contributed by atoms with E-state index in [2.05, 4.69) is 92.0 Å². The first-order chi connectivity index (χ1) is 31.3. The van der Waals surface area contributed by atoms with E-state index in [1.54, 1.807) is 0 Å². The molecular formula is C48H70N12O4+2. The van der Waals surface area contributed by atoms with Crippen molar-refractivity contribution in [2.75, 3.05) is 78.5 Å². The van der Waals surface area contributed by atoms with Crippen molar-refractivity contribution in [3.63, 3.8) is 0 Å². The molecule has 13 unspecified atom stereocenters. The van der Waals surface area contributed by atoms with Gasteiger partial charge in [0.2, 0.25) is 11.8 Å². The summed E-state index contributed by atoms with van der Waals surface area (Å²) in [5.74, 6) is 1.30. The van der Waals surface area contributed by atoms with Crippen LogP contribution < -0.4 is 31.9 Å². The predicted molar refractivity (Wildman–Crippen MR) is 243 cm³/mol. The molecule has 8 aliphatic rings. The zero-order valence-corrected chi connectivity index (χ0v) is 37.5. The van der Waals surface area contributed by atoms with Gasteiger partial charge in [-0.1, -0.05) is 68.1 Å². The number of amides is 2. The topological polar surface area (TPSA) is 159 Å². The molecule has 0 spiro atoms. The van der Waals surface area contributed by atoms with Gasteiger partial charge in [-0.15, -0.1) is 10.0 Å². The number of piperidine rings is 2. The Bertz CT molecular complexity index is 2040. The first-order valence-electron chi connectivity index (χ1n) is 24.5. The third-order valence-electron chi connectivity index (χ3n) is 16.3. The molecule has 0 bridgehead atoms. The fraction of sp³-hybridized carbons (Fsp3) is 0.667. The van der Waals surface area contributed by atoms with Gasteiger partial charge in [-0.25, -0.2) is 0 Å². The van der Waals surface area contributed by atoms with E-state index in [-0.39, 0.29) is 84.1 Å². The highest BCUT2D eigenvalue weighted by atomic mass is 16.3. The molecule has 8 aliphatic heterocycles. The van der Waals surface area contributed by atoms with Crippen LogP contribution in [0.1, 0.15) is 80.4 Å². The summed E-state index contributed by atoms with van der Waals surface area (Å²) in [5, 5.41) is 26.7. The normalized spacial score (nSPS) is 36.6. The molecule has 2 aromatic carbocycles. The van der Waals surface area contributed by atoms with Crippen molar-refractivity contribution in [1.82, 2.24) is 51.7 Å². The number of fused-ring (bicyclic) bond motifs is 2. The summed E-state index contributed by atoms with van der Waals surface area (Å²) in [4.78, 5) is 61.0. The third-order valence-corrected chi connectivity index (χ3v) is 16.3. The smallest absolute Gasteiger partial charge is 0.251 e. The van der Waals surface area contributed by atoms with Crippen LogP contribution in [0.15, 0.2) is 67.3 Å². The van der Waals surface area contributed by atoms with Crippen LogP contribution in [0.25, 0.3) is 0 Å². The quantitative estimate of drug-likeness (QED) is 0.144. The van der Waals surface area contributed by atoms with Gasteiger partial charge in [0, 0.05) is 81.8 Å². The van der Waals surface area contributed by atoms with Gasteiger partial charge in [0.25, 0.3) is 12.1 Å². The standard InChI is InChI=1S/C48H70N12O4/c1-3-43(61)55-27-37-39(29-55)51-47(32-11-6-5-7-12-32)53-45(37)42-17-21-58(60(42)64)26-35-24-50-19-15-36(35)33-13-8-14-34(22-33)48-52-40-30-56(44(62)4-2)28-38(40)46(54-48)41-16-20-57(59(41)63)25-31-10-9-18-49-23-31/h4-8,11-14,22,31,35-42,45-54H,2-3,9-10,15-21,23-30H2,1H3/q+2. The molecule has 0 aliphatic carbocycles. The van der Waals surface area contributed by atoms with Crippen LogP contribution in [-0.4, -0.2) is 156 Å². The largest absolute Gasteiger partial charge is 0.341 e. The van der Waals surface area contributed by atoms with E-state index in [1.807, 2.05) is 27.8 Å². The molecule has 6 N–H and O–H groups in total. The Balaban J connectivity index is 0.843. The highest BCUT2D eigenvalue weighted by molar-refractivity contribution is 5.87. The second-order valence-corrected chi connectivity index (χ2v) is 20.0. The lowest BCUT2D eigenvalue weighted by Gasteiger charge is -2.40. The predicted octanol–water partition coefficient (Wildman–Crippen LogP) is 1.99. The van der Waals surface area contributed by atoms with Crippen LogP contribution in [0.4, 0.5) is 0 Å². The van der Waals surface area contributed by atoms with Gasteiger partial charge in [0.1, 0.15) is 9.74 Å². The van der Waals surface area contributed by atoms with Gasteiger partial charge in [0.05, 0.1) is 60.4 Å². The van der Waals surface area contributed by atoms with Crippen LogP contribution in [0.2, 0.25) is 0 Å². The number of nitrogens with one attached hydrogen (secondary N) is 6. The molecule has 0 radical (unpaired) electrons. The minimum atomic E-state index is -0.231. The SMILES string of the molecule is C=CC(=O)N1CC2NC(c3cccc(C4CCNCC4CN4CCC(C5NC(c6ccccc6)NC6CN(C(=O)CC)CC65)[N+]4=O)c3)NC(C3CCN(CC4CCCNC4)[N+]3=O)C2C1. The van der Waals surface area contributed by atoms with E-state index in [4.69, 9.17) is 0 Å². The Morgan fingerprint density at radius 3 is 2.00 bits per heavy atom. The number of hydrogen-bond donors (Lipinski definition) is 6. The van der Waals surface area contributed by atoms with Gasteiger partial charge in [0.15, 0.2) is 0 Å². The van der Waals surface area contributed by atoms with E-state index in [9.17, 15) is 19.4 Å². The molecule has 344 valence electrons. The minimum absolute atomic E-state index is 0.0405. The van der Waals surface area contributed by atoms with Crippen molar-refractivity contribution in [1.29, 1.82) is 0 Å². The maximum Gasteiger partial charge on any atom is 0.251 e. The van der Waals surface area contributed by atoms with Crippen molar-refractivity contribution in [2.45, 2.75) is 99.9 Å². The average Bonchev–Trinajstić information content (AvgIpc) is 4.14. The molecule has 2 amide bonds. The van der Waals surface area contributed by atoms with E-state index in [0.717, 1.165) is 82.5 Å². The van der Waals surface area contributed by atoms with Crippen LogP contribution in [-0.2, 0) is 9.59 Å². The summed E-state index contributed by atoms with van der Waals surface area (Å²) < 4.78 is 0. The molecule has 0 aromatic heterocycles. The summed E-state index contributed by atoms with van der Waals surface area (Å²) >= 11 is 0. The van der Waals surface area contributed by atoms with Crippen molar-refractivity contribution in [2.24, 2.45) is 23.7 Å². The molecule has 16 nitrogen and oxygen atoms in total. The Hall–Kier alpha value is -4.32. The Labute approximate surface area is 377 Å². The molecule has 13 atom stereocenters. The molecule has 8 saturated heterocycles. The van der Waals surface area contributed by atoms with E-state index < -0.39 is 0 Å². The van der Waals surface area contributed by atoms with Gasteiger partial charge in [-0.3, -0.25) is 30.9 Å². The molecular weight excluding hydrogens is 809 g/mol. The summed E-state index contributed by atoms with van der Waals surface area (Å²) in [7, 11) is 0. The van der Waals surface area contributed by atoms with Crippen molar-refractivity contribution in [3.8, 4) is 0 Å². The number of rotatable bonds is 11. The van der Waals surface area contributed by atoms with Crippen LogP contribution in [0, 0.1) is 33.5 Å². The lowest BCUT2D eigenvalue weighted by atomic mass is 9.80. The number of likely N-dealkylation sites (tertiary alicyclic amines) is 2. The molecule has 0 saturated carbocycles. The third kappa shape index (κ3) is 8.61. The number of hydrazine groups is 2. The van der Waals surface area contributed by atoms with Gasteiger partial charge in [-0.2, -0.15) is 0 Å². The van der Waals surface area contributed by atoms with Crippen LogP contribution in [0.5, 0.6) is 0 Å². The maximum atomic E-state index is 14.5. The fourth-order valence-electron chi connectivity index (χ4n) is 13.0.